The van der Waals surface area contributed by atoms with E-state index in [4.69, 9.17) is 0 Å². The number of piperazine rings is 1. The summed E-state index contributed by atoms with van der Waals surface area (Å²) in [6.07, 6.45) is 0. The molecule has 3 rings (SSSR count). The fourth-order valence-electron chi connectivity index (χ4n) is 2.99. The van der Waals surface area contributed by atoms with E-state index in [-0.39, 0.29) is 24.8 Å². The van der Waals surface area contributed by atoms with E-state index in [1.165, 1.54) is 11.3 Å². The Bertz CT molecular complexity index is 610. The number of hydrogen-bond acceptors (Lipinski definition) is 3. The molecule has 0 unspecified atom stereocenters. The number of halogens is 2. The zero-order valence-corrected chi connectivity index (χ0v) is 15.6. The lowest BCUT2D eigenvalue weighted by molar-refractivity contribution is 0.165. The summed E-state index contributed by atoms with van der Waals surface area (Å²) in [5, 5.41) is 7.97. The van der Waals surface area contributed by atoms with E-state index in [0.29, 0.717) is 6.04 Å². The van der Waals surface area contributed by atoms with E-state index in [0.717, 1.165) is 37.6 Å². The molecule has 1 aromatic heterocycles. The van der Waals surface area contributed by atoms with Crippen LogP contribution in [0, 0.1) is 13.8 Å². The van der Waals surface area contributed by atoms with E-state index < -0.39 is 0 Å². The SMILES string of the molecule is Cc1cc(C)n(-c2ccc(CN3CCNC[C@@H]3C)cc2)n1.Cl.Cl. The van der Waals surface area contributed by atoms with Gasteiger partial charge in [-0.1, -0.05) is 12.1 Å². The predicted molar refractivity (Wildman–Crippen MR) is 100 cm³/mol. The maximum atomic E-state index is 4.54. The highest BCUT2D eigenvalue weighted by molar-refractivity contribution is 5.85. The molecule has 128 valence electrons. The van der Waals surface area contributed by atoms with Crippen LogP contribution < -0.4 is 5.32 Å². The van der Waals surface area contributed by atoms with Gasteiger partial charge in [0.15, 0.2) is 0 Å². The lowest BCUT2D eigenvalue weighted by atomic mass is 10.1. The molecule has 1 N–H and O–H groups in total. The second kappa shape index (κ2) is 8.69. The van der Waals surface area contributed by atoms with Crippen LogP contribution in [-0.2, 0) is 6.54 Å². The molecule has 2 aromatic rings. The van der Waals surface area contributed by atoms with Crippen LogP contribution in [0.5, 0.6) is 0 Å². The summed E-state index contributed by atoms with van der Waals surface area (Å²) in [6.45, 7) is 10.7. The first kappa shape index (κ1) is 20.0. The van der Waals surface area contributed by atoms with Crippen molar-refractivity contribution >= 4 is 24.8 Å². The topological polar surface area (TPSA) is 33.1 Å². The smallest absolute Gasteiger partial charge is 0.0648 e. The number of nitrogens with zero attached hydrogens (tertiary/aromatic N) is 3. The van der Waals surface area contributed by atoms with Crippen LogP contribution >= 0.6 is 24.8 Å². The predicted octanol–water partition coefficient (Wildman–Crippen LogP) is 3.13. The summed E-state index contributed by atoms with van der Waals surface area (Å²) in [7, 11) is 0. The molecule has 0 bridgehead atoms. The lowest BCUT2D eigenvalue weighted by Crippen LogP contribution is -2.49. The van der Waals surface area contributed by atoms with Gasteiger partial charge in [0.2, 0.25) is 0 Å². The largest absolute Gasteiger partial charge is 0.314 e. The van der Waals surface area contributed by atoms with Crippen molar-refractivity contribution in [2.75, 3.05) is 19.6 Å². The zero-order valence-electron chi connectivity index (χ0n) is 14.0. The van der Waals surface area contributed by atoms with Gasteiger partial charge in [-0.05, 0) is 44.5 Å². The van der Waals surface area contributed by atoms with Crippen molar-refractivity contribution in [3.05, 3.63) is 47.3 Å². The summed E-state index contributed by atoms with van der Waals surface area (Å²) in [5.74, 6) is 0. The van der Waals surface area contributed by atoms with Crippen molar-refractivity contribution < 1.29 is 0 Å². The first-order valence-electron chi connectivity index (χ1n) is 7.71. The average Bonchev–Trinajstić information content (AvgIpc) is 2.81. The number of aryl methyl sites for hydroxylation is 2. The van der Waals surface area contributed by atoms with Gasteiger partial charge in [0.1, 0.15) is 0 Å². The Balaban J connectivity index is 0.00000132. The molecule has 6 heteroatoms. The maximum absolute atomic E-state index is 4.54. The fraction of sp³-hybridized carbons (Fsp3) is 0.471. The molecular weight excluding hydrogens is 331 g/mol. The minimum Gasteiger partial charge on any atom is -0.314 e. The number of aromatic nitrogens is 2. The summed E-state index contributed by atoms with van der Waals surface area (Å²) in [5.41, 5.74) is 4.74. The molecule has 2 heterocycles. The van der Waals surface area contributed by atoms with Crippen LogP contribution in [0.2, 0.25) is 0 Å². The third-order valence-electron chi connectivity index (χ3n) is 4.22. The molecular formula is C17H26Cl2N4. The Kier molecular flexibility index (Phi) is 7.55. The first-order valence-corrected chi connectivity index (χ1v) is 7.71. The second-order valence-corrected chi connectivity index (χ2v) is 6.03. The number of hydrogen-bond donors (Lipinski definition) is 1. The van der Waals surface area contributed by atoms with Crippen molar-refractivity contribution in [3.8, 4) is 5.69 Å². The van der Waals surface area contributed by atoms with Crippen LogP contribution in [0.3, 0.4) is 0 Å². The van der Waals surface area contributed by atoms with Crippen molar-refractivity contribution in [2.24, 2.45) is 0 Å². The van der Waals surface area contributed by atoms with E-state index in [1.54, 1.807) is 0 Å². The van der Waals surface area contributed by atoms with Crippen LogP contribution in [0.4, 0.5) is 0 Å². The number of benzene rings is 1. The van der Waals surface area contributed by atoms with Crippen LogP contribution in [-0.4, -0.2) is 40.4 Å². The third-order valence-corrected chi connectivity index (χ3v) is 4.22. The summed E-state index contributed by atoms with van der Waals surface area (Å²) < 4.78 is 2.01. The van der Waals surface area contributed by atoms with Gasteiger partial charge in [0.05, 0.1) is 11.4 Å². The Morgan fingerprint density at radius 1 is 1.17 bits per heavy atom. The van der Waals surface area contributed by atoms with Crippen molar-refractivity contribution in [1.82, 2.24) is 20.0 Å². The van der Waals surface area contributed by atoms with Crippen molar-refractivity contribution in [3.63, 3.8) is 0 Å². The van der Waals surface area contributed by atoms with Crippen LogP contribution in [0.25, 0.3) is 5.69 Å². The molecule has 1 aliphatic rings. The van der Waals surface area contributed by atoms with Gasteiger partial charge in [-0.2, -0.15) is 5.10 Å². The summed E-state index contributed by atoms with van der Waals surface area (Å²) in [6, 6.07) is 11.5. The molecule has 0 spiro atoms. The molecule has 0 saturated carbocycles. The Morgan fingerprint density at radius 3 is 2.43 bits per heavy atom. The highest BCUT2D eigenvalue weighted by atomic mass is 35.5. The monoisotopic (exact) mass is 356 g/mol. The summed E-state index contributed by atoms with van der Waals surface area (Å²) in [4.78, 5) is 2.54. The molecule has 1 aliphatic heterocycles. The Hall–Kier alpha value is -1.07. The van der Waals surface area contributed by atoms with Gasteiger partial charge < -0.3 is 5.32 Å². The average molecular weight is 357 g/mol. The van der Waals surface area contributed by atoms with E-state index in [1.807, 2.05) is 11.6 Å². The fourth-order valence-corrected chi connectivity index (χ4v) is 2.99. The molecule has 0 radical (unpaired) electrons. The molecule has 23 heavy (non-hydrogen) atoms. The quantitative estimate of drug-likeness (QED) is 0.916. The van der Waals surface area contributed by atoms with Gasteiger partial charge in [0.25, 0.3) is 0 Å². The standard InChI is InChI=1S/C17H24N4.2ClH/c1-13-10-14(2)21(19-13)17-6-4-16(5-7-17)12-20-9-8-18-11-15(20)3;;/h4-7,10,15,18H,8-9,11-12H2,1-3H3;2*1H/t15-;;/m0../s1. The third kappa shape index (κ3) is 4.70. The lowest BCUT2D eigenvalue weighted by Gasteiger charge is -2.33. The molecule has 1 saturated heterocycles. The van der Waals surface area contributed by atoms with E-state index in [9.17, 15) is 0 Å². The highest BCUT2D eigenvalue weighted by Gasteiger charge is 2.17. The van der Waals surface area contributed by atoms with E-state index in [2.05, 4.69) is 59.5 Å². The highest BCUT2D eigenvalue weighted by Crippen LogP contribution is 2.15. The minimum atomic E-state index is 0. The first-order chi connectivity index (χ1) is 10.1. The van der Waals surface area contributed by atoms with E-state index >= 15 is 0 Å². The van der Waals surface area contributed by atoms with Crippen LogP contribution in [0.15, 0.2) is 30.3 Å². The zero-order chi connectivity index (χ0) is 14.8. The van der Waals surface area contributed by atoms with Crippen molar-refractivity contribution in [2.45, 2.75) is 33.4 Å². The van der Waals surface area contributed by atoms with Crippen molar-refractivity contribution in [1.29, 1.82) is 0 Å². The molecule has 1 aromatic carbocycles. The Morgan fingerprint density at radius 2 is 1.87 bits per heavy atom. The molecule has 1 atom stereocenters. The molecule has 1 fully saturated rings. The second-order valence-electron chi connectivity index (χ2n) is 6.03. The number of rotatable bonds is 3. The van der Waals surface area contributed by atoms with Gasteiger partial charge >= 0.3 is 0 Å². The normalized spacial score (nSPS) is 18.1. The maximum Gasteiger partial charge on any atom is 0.0648 e. The summed E-state index contributed by atoms with van der Waals surface area (Å²) >= 11 is 0. The Labute approximate surface area is 151 Å². The van der Waals surface area contributed by atoms with Gasteiger partial charge in [-0.3, -0.25) is 4.90 Å². The van der Waals surface area contributed by atoms with Gasteiger partial charge in [-0.15, -0.1) is 24.8 Å². The van der Waals surface area contributed by atoms with Gasteiger partial charge in [-0.25, -0.2) is 4.68 Å². The minimum absolute atomic E-state index is 0. The molecule has 0 aliphatic carbocycles. The molecule has 4 nitrogen and oxygen atoms in total. The molecule has 0 amide bonds. The van der Waals surface area contributed by atoms with Gasteiger partial charge in [0, 0.05) is 37.9 Å². The number of nitrogens with one attached hydrogen (secondary N) is 1. The van der Waals surface area contributed by atoms with Crippen LogP contribution in [0.1, 0.15) is 23.9 Å².